The average molecular weight is 501 g/mol. The van der Waals surface area contributed by atoms with Crippen LogP contribution in [0.4, 0.5) is 19.0 Å². The number of primary sulfonamides is 1. The number of anilines is 1. The minimum absolute atomic E-state index is 0.0285. The molecule has 4 rings (SSSR count). The first-order chi connectivity index (χ1) is 16.0. The van der Waals surface area contributed by atoms with Crippen LogP contribution in [0.1, 0.15) is 60.0 Å². The van der Waals surface area contributed by atoms with Crippen molar-refractivity contribution in [3.63, 3.8) is 0 Å². The Hall–Kier alpha value is -2.33. The highest BCUT2D eigenvalue weighted by Gasteiger charge is 2.41. The van der Waals surface area contributed by atoms with Gasteiger partial charge in [0, 0.05) is 24.3 Å². The number of nitrogens with one attached hydrogen (secondary N) is 5. The van der Waals surface area contributed by atoms with Gasteiger partial charge in [-0.1, -0.05) is 12.1 Å². The van der Waals surface area contributed by atoms with E-state index in [1.54, 1.807) is 12.3 Å². The second-order valence-electron chi connectivity index (χ2n) is 8.48. The number of alkyl halides is 3. The zero-order chi connectivity index (χ0) is 24.5. The second-order valence-corrected chi connectivity index (χ2v) is 9.98. The van der Waals surface area contributed by atoms with Crippen LogP contribution in [0.25, 0.3) is 0 Å². The summed E-state index contributed by atoms with van der Waals surface area (Å²) in [7, 11) is -4.68. The standard InChI is InChI=1S/C20H27F3N8O2S/c21-20(22,23)15-7-6-14(17(18(15)34(25,32)33)19-28-30-31-29-19)12-2-4-13(5-3-12)26-9-11-1-8-16(24)27-10-11/h1,6-8,10,12-13,19,26,28-31H,2-5,9H2,(H2,24,27)(H2,25,32,33). The molecule has 1 aliphatic heterocycles. The molecular formula is C20H27F3N8O2S. The van der Waals surface area contributed by atoms with Crippen molar-refractivity contribution in [1.29, 1.82) is 0 Å². The van der Waals surface area contributed by atoms with Crippen molar-refractivity contribution in [2.75, 3.05) is 5.73 Å². The van der Waals surface area contributed by atoms with E-state index in [1.165, 1.54) is 6.07 Å². The van der Waals surface area contributed by atoms with Crippen LogP contribution in [-0.4, -0.2) is 19.4 Å². The molecule has 10 nitrogen and oxygen atoms in total. The monoisotopic (exact) mass is 500 g/mol. The number of sulfonamides is 1. The number of aromatic nitrogens is 1. The van der Waals surface area contributed by atoms with E-state index in [0.29, 0.717) is 30.8 Å². The Morgan fingerprint density at radius 3 is 2.29 bits per heavy atom. The van der Waals surface area contributed by atoms with Gasteiger partial charge in [-0.15, -0.1) is 0 Å². The van der Waals surface area contributed by atoms with E-state index >= 15 is 0 Å². The normalized spacial score (nSPS) is 22.2. The molecule has 0 radical (unpaired) electrons. The molecule has 0 unspecified atom stereocenters. The molecule has 2 heterocycles. The zero-order valence-corrected chi connectivity index (χ0v) is 18.9. The lowest BCUT2D eigenvalue weighted by Crippen LogP contribution is -2.34. The van der Waals surface area contributed by atoms with Crippen LogP contribution in [0.5, 0.6) is 0 Å². The first-order valence-electron chi connectivity index (χ1n) is 10.8. The summed E-state index contributed by atoms with van der Waals surface area (Å²) in [6.07, 6.45) is -1.20. The fourth-order valence-electron chi connectivity index (χ4n) is 4.61. The van der Waals surface area contributed by atoms with Gasteiger partial charge in [0.15, 0.2) is 0 Å². The zero-order valence-electron chi connectivity index (χ0n) is 18.1. The maximum Gasteiger partial charge on any atom is 0.417 e. The smallest absolute Gasteiger partial charge is 0.384 e. The van der Waals surface area contributed by atoms with Gasteiger partial charge in [0.25, 0.3) is 0 Å². The molecule has 9 N–H and O–H groups in total. The molecule has 2 fully saturated rings. The molecule has 2 aromatic rings. The SMILES string of the molecule is Nc1ccc(CNC2CCC(c3ccc(C(F)(F)F)c(S(N)(=O)=O)c3C3NNNN3)CC2)cn1. The summed E-state index contributed by atoms with van der Waals surface area (Å²) in [4.78, 5) is 3.16. The van der Waals surface area contributed by atoms with Gasteiger partial charge in [0.2, 0.25) is 10.0 Å². The maximum absolute atomic E-state index is 13.7. The number of hydrogen-bond acceptors (Lipinski definition) is 9. The minimum Gasteiger partial charge on any atom is -0.384 e. The number of pyridine rings is 1. The largest absolute Gasteiger partial charge is 0.417 e. The number of hydrazine groups is 3. The molecule has 1 saturated heterocycles. The first-order valence-corrected chi connectivity index (χ1v) is 12.3. The Labute approximate surface area is 195 Å². The molecule has 0 atom stereocenters. The molecule has 2 aliphatic rings. The number of nitrogens with zero attached hydrogens (tertiary/aromatic N) is 1. The summed E-state index contributed by atoms with van der Waals surface area (Å²) in [5.41, 5.74) is 16.3. The predicted octanol–water partition coefficient (Wildman–Crippen LogP) is 1.26. The van der Waals surface area contributed by atoms with Crippen LogP contribution in [-0.2, 0) is 22.7 Å². The summed E-state index contributed by atoms with van der Waals surface area (Å²) >= 11 is 0. The Morgan fingerprint density at radius 1 is 1.06 bits per heavy atom. The second kappa shape index (κ2) is 9.73. The summed E-state index contributed by atoms with van der Waals surface area (Å²) in [5, 5.41) is 8.77. The molecule has 34 heavy (non-hydrogen) atoms. The number of rotatable bonds is 6. The number of hydrogen-bond donors (Lipinski definition) is 7. The lowest BCUT2D eigenvalue weighted by Gasteiger charge is -2.32. The molecule has 1 aromatic carbocycles. The number of nitrogens with two attached hydrogens (primary N) is 2. The van der Waals surface area contributed by atoms with Crippen molar-refractivity contribution in [3.05, 3.63) is 52.7 Å². The van der Waals surface area contributed by atoms with E-state index < -0.39 is 32.8 Å². The molecule has 0 bridgehead atoms. The van der Waals surface area contributed by atoms with Crippen LogP contribution in [0.15, 0.2) is 35.4 Å². The lowest BCUT2D eigenvalue weighted by molar-refractivity contribution is -0.140. The van der Waals surface area contributed by atoms with Gasteiger partial charge in [-0.3, -0.25) is 0 Å². The lowest BCUT2D eigenvalue weighted by atomic mass is 9.79. The molecule has 0 spiro atoms. The Balaban J connectivity index is 1.57. The van der Waals surface area contributed by atoms with Crippen LogP contribution < -0.4 is 38.1 Å². The molecule has 1 aliphatic carbocycles. The summed E-state index contributed by atoms with van der Waals surface area (Å²) in [6, 6.07) is 6.03. The summed E-state index contributed by atoms with van der Waals surface area (Å²) in [6.45, 7) is 0.622. The quantitative estimate of drug-likeness (QED) is 0.310. The van der Waals surface area contributed by atoms with Gasteiger partial charge in [-0.05, 0) is 54.9 Å². The molecular weight excluding hydrogens is 473 g/mol. The van der Waals surface area contributed by atoms with Gasteiger partial charge >= 0.3 is 6.18 Å². The summed E-state index contributed by atoms with van der Waals surface area (Å²) in [5.74, 6) is 0.324. The van der Waals surface area contributed by atoms with E-state index in [4.69, 9.17) is 10.9 Å². The Kier molecular flexibility index (Phi) is 7.09. The molecule has 186 valence electrons. The summed E-state index contributed by atoms with van der Waals surface area (Å²) < 4.78 is 65.8. The van der Waals surface area contributed by atoms with Crippen molar-refractivity contribution in [1.82, 2.24) is 32.2 Å². The molecule has 0 amide bonds. The molecule has 1 aromatic heterocycles. The van der Waals surface area contributed by atoms with Crippen molar-refractivity contribution in [2.45, 2.75) is 61.4 Å². The third-order valence-electron chi connectivity index (χ3n) is 6.21. The van der Waals surface area contributed by atoms with Gasteiger partial charge in [0.05, 0.1) is 5.56 Å². The number of halogens is 3. The third-order valence-corrected chi connectivity index (χ3v) is 7.22. The Bertz CT molecular complexity index is 1110. The van der Waals surface area contributed by atoms with Crippen molar-refractivity contribution in [3.8, 4) is 0 Å². The topological polar surface area (TPSA) is 159 Å². The third kappa shape index (κ3) is 5.49. The van der Waals surface area contributed by atoms with E-state index in [2.05, 4.69) is 32.2 Å². The average Bonchev–Trinajstić information content (AvgIpc) is 3.32. The van der Waals surface area contributed by atoms with Crippen LogP contribution in [0, 0.1) is 0 Å². The maximum atomic E-state index is 13.7. The predicted molar refractivity (Wildman–Crippen MR) is 119 cm³/mol. The number of benzene rings is 1. The fraction of sp³-hybridized carbons (Fsp3) is 0.450. The first kappa shape index (κ1) is 24.8. The Morgan fingerprint density at radius 2 is 1.74 bits per heavy atom. The highest BCUT2D eigenvalue weighted by atomic mass is 32.2. The van der Waals surface area contributed by atoms with E-state index in [-0.39, 0.29) is 17.5 Å². The van der Waals surface area contributed by atoms with Crippen LogP contribution in [0.3, 0.4) is 0 Å². The van der Waals surface area contributed by atoms with Crippen molar-refractivity contribution in [2.24, 2.45) is 5.14 Å². The van der Waals surface area contributed by atoms with Crippen LogP contribution >= 0.6 is 0 Å². The van der Waals surface area contributed by atoms with Crippen LogP contribution in [0.2, 0.25) is 0 Å². The van der Waals surface area contributed by atoms with Gasteiger partial charge in [-0.25, -0.2) is 29.4 Å². The molecule has 1 saturated carbocycles. The highest BCUT2D eigenvalue weighted by molar-refractivity contribution is 7.89. The van der Waals surface area contributed by atoms with Crippen molar-refractivity contribution >= 4 is 15.8 Å². The fourth-order valence-corrected chi connectivity index (χ4v) is 5.64. The van der Waals surface area contributed by atoms with Gasteiger partial charge < -0.3 is 11.1 Å². The van der Waals surface area contributed by atoms with Gasteiger partial charge in [0.1, 0.15) is 16.9 Å². The van der Waals surface area contributed by atoms with Gasteiger partial charge in [-0.2, -0.15) is 24.2 Å². The van der Waals surface area contributed by atoms with E-state index in [1.807, 2.05) is 6.07 Å². The highest BCUT2D eigenvalue weighted by Crippen LogP contribution is 2.43. The van der Waals surface area contributed by atoms with Crippen molar-refractivity contribution < 1.29 is 21.6 Å². The minimum atomic E-state index is -4.88. The number of nitrogen functional groups attached to an aromatic ring is 1. The van der Waals surface area contributed by atoms with E-state index in [0.717, 1.165) is 24.5 Å². The van der Waals surface area contributed by atoms with E-state index in [9.17, 15) is 21.6 Å². The molecule has 14 heteroatoms.